The molecule has 0 atom stereocenters. The number of allylic oxidation sites excluding steroid dienone is 1. The first-order chi connectivity index (χ1) is 11.2. The number of hydrogen-bond donors (Lipinski definition) is 0. The summed E-state index contributed by atoms with van der Waals surface area (Å²) in [5.74, 6) is 0.827. The summed E-state index contributed by atoms with van der Waals surface area (Å²) < 4.78 is 2.16. The molecule has 3 rings (SSSR count). The second-order valence-electron chi connectivity index (χ2n) is 5.67. The van der Waals surface area contributed by atoms with Gasteiger partial charge in [-0.3, -0.25) is 4.79 Å². The lowest BCUT2D eigenvalue weighted by atomic mass is 10.1. The summed E-state index contributed by atoms with van der Waals surface area (Å²) in [6, 6.07) is 15.7. The van der Waals surface area contributed by atoms with Crippen molar-refractivity contribution in [3.8, 4) is 0 Å². The third-order valence-corrected chi connectivity index (χ3v) is 3.85. The minimum atomic E-state index is 0.0000968. The zero-order chi connectivity index (χ0) is 16.2. The Morgan fingerprint density at radius 2 is 1.87 bits per heavy atom. The molecule has 1 heterocycles. The van der Waals surface area contributed by atoms with Crippen LogP contribution in [0.3, 0.4) is 0 Å². The van der Waals surface area contributed by atoms with Gasteiger partial charge < -0.3 is 4.57 Å². The maximum Gasteiger partial charge on any atom is 0.185 e. The summed E-state index contributed by atoms with van der Waals surface area (Å²) in [6.07, 6.45) is 4.45. The molecule has 0 aliphatic carbocycles. The van der Waals surface area contributed by atoms with Gasteiger partial charge in [0, 0.05) is 12.1 Å². The average Bonchev–Trinajstić information content (AvgIpc) is 2.92. The number of carbonyl (C=O) groups is 1. The average molecular weight is 304 g/mol. The molecule has 3 aromatic rings. The number of carbonyl (C=O) groups excluding carboxylic acids is 1. The fourth-order valence-corrected chi connectivity index (χ4v) is 2.64. The number of benzene rings is 2. The van der Waals surface area contributed by atoms with Crippen LogP contribution in [0.5, 0.6) is 0 Å². The zero-order valence-electron chi connectivity index (χ0n) is 13.5. The van der Waals surface area contributed by atoms with Gasteiger partial charge in [-0.2, -0.15) is 0 Å². The van der Waals surface area contributed by atoms with Crippen LogP contribution in [0.4, 0.5) is 0 Å². The molecule has 0 radical (unpaired) electrons. The van der Waals surface area contributed by atoms with Crippen molar-refractivity contribution in [2.75, 3.05) is 0 Å². The highest BCUT2D eigenvalue weighted by molar-refractivity contribution is 6.06. The number of aryl methyl sites for hydroxylation is 2. The van der Waals surface area contributed by atoms with Crippen LogP contribution in [0.2, 0.25) is 0 Å². The Hall–Kier alpha value is -2.68. The van der Waals surface area contributed by atoms with Crippen molar-refractivity contribution < 1.29 is 4.79 Å². The summed E-state index contributed by atoms with van der Waals surface area (Å²) in [6.45, 7) is 5.04. The molecule has 0 spiro atoms. The molecule has 0 saturated carbocycles. The van der Waals surface area contributed by atoms with Crippen molar-refractivity contribution in [3.05, 3.63) is 71.6 Å². The van der Waals surface area contributed by atoms with E-state index >= 15 is 0 Å². The van der Waals surface area contributed by atoms with Crippen molar-refractivity contribution in [2.24, 2.45) is 0 Å². The van der Waals surface area contributed by atoms with Crippen LogP contribution in [0.25, 0.3) is 17.1 Å². The van der Waals surface area contributed by atoms with Gasteiger partial charge >= 0.3 is 0 Å². The molecule has 3 nitrogen and oxygen atoms in total. The Balaban J connectivity index is 1.92. The SMILES string of the molecule is CCCn1c(/C=C/C(=O)c2ccc(C)cc2)nc2ccccc21. The molecule has 116 valence electrons. The number of aromatic nitrogens is 2. The summed E-state index contributed by atoms with van der Waals surface area (Å²) >= 11 is 0. The summed E-state index contributed by atoms with van der Waals surface area (Å²) in [7, 11) is 0. The largest absolute Gasteiger partial charge is 0.324 e. The van der Waals surface area contributed by atoms with E-state index in [1.165, 1.54) is 0 Å². The van der Waals surface area contributed by atoms with Crippen molar-refractivity contribution in [3.63, 3.8) is 0 Å². The van der Waals surface area contributed by atoms with E-state index < -0.39 is 0 Å². The monoisotopic (exact) mass is 304 g/mol. The molecule has 2 aromatic carbocycles. The topological polar surface area (TPSA) is 34.9 Å². The van der Waals surface area contributed by atoms with Gasteiger partial charge in [-0.05, 0) is 37.6 Å². The van der Waals surface area contributed by atoms with Crippen molar-refractivity contribution >= 4 is 22.9 Å². The third-order valence-electron chi connectivity index (χ3n) is 3.85. The normalized spacial score (nSPS) is 11.4. The first-order valence-electron chi connectivity index (χ1n) is 7.93. The molecule has 0 fully saturated rings. The van der Waals surface area contributed by atoms with Crippen LogP contribution < -0.4 is 0 Å². The lowest BCUT2D eigenvalue weighted by Crippen LogP contribution is -2.00. The molecule has 0 bridgehead atoms. The molecule has 0 aliphatic rings. The van der Waals surface area contributed by atoms with E-state index in [4.69, 9.17) is 0 Å². The quantitative estimate of drug-likeness (QED) is 0.508. The number of fused-ring (bicyclic) bond motifs is 1. The molecule has 23 heavy (non-hydrogen) atoms. The maximum atomic E-state index is 12.3. The summed E-state index contributed by atoms with van der Waals surface area (Å²) in [4.78, 5) is 16.9. The Labute approximate surface area is 136 Å². The first-order valence-corrected chi connectivity index (χ1v) is 7.93. The molecule has 0 aliphatic heterocycles. The fourth-order valence-electron chi connectivity index (χ4n) is 2.64. The second-order valence-corrected chi connectivity index (χ2v) is 5.67. The van der Waals surface area contributed by atoms with Gasteiger partial charge in [0.2, 0.25) is 0 Å². The van der Waals surface area contributed by atoms with Gasteiger partial charge in [-0.1, -0.05) is 48.9 Å². The Morgan fingerprint density at radius 1 is 1.13 bits per heavy atom. The first kappa shape index (κ1) is 15.2. The van der Waals surface area contributed by atoms with Gasteiger partial charge in [0.15, 0.2) is 5.78 Å². The highest BCUT2D eigenvalue weighted by atomic mass is 16.1. The third kappa shape index (κ3) is 3.24. The lowest BCUT2D eigenvalue weighted by molar-refractivity contribution is 0.104. The van der Waals surface area contributed by atoms with Crippen LogP contribution in [-0.2, 0) is 6.54 Å². The van der Waals surface area contributed by atoms with E-state index in [9.17, 15) is 4.79 Å². The predicted octanol–water partition coefficient (Wildman–Crippen LogP) is 4.65. The number of imidazole rings is 1. The fraction of sp³-hybridized carbons (Fsp3) is 0.200. The number of para-hydroxylation sites is 2. The van der Waals surface area contributed by atoms with E-state index in [0.29, 0.717) is 5.56 Å². The molecule has 0 saturated heterocycles. The Morgan fingerprint density at radius 3 is 2.61 bits per heavy atom. The Bertz CT molecular complexity index is 857. The van der Waals surface area contributed by atoms with Crippen LogP contribution >= 0.6 is 0 Å². The van der Waals surface area contributed by atoms with Gasteiger partial charge in [-0.15, -0.1) is 0 Å². The molecular weight excluding hydrogens is 284 g/mol. The van der Waals surface area contributed by atoms with Crippen LogP contribution in [-0.4, -0.2) is 15.3 Å². The van der Waals surface area contributed by atoms with E-state index in [1.54, 1.807) is 6.08 Å². The molecule has 0 unspecified atom stereocenters. The van der Waals surface area contributed by atoms with E-state index in [0.717, 1.165) is 35.4 Å². The van der Waals surface area contributed by atoms with E-state index in [2.05, 4.69) is 22.5 Å². The Kier molecular flexibility index (Phi) is 4.38. The van der Waals surface area contributed by atoms with Crippen molar-refractivity contribution in [1.29, 1.82) is 0 Å². The van der Waals surface area contributed by atoms with Gasteiger partial charge in [0.1, 0.15) is 5.82 Å². The minimum absolute atomic E-state index is 0.0000968. The van der Waals surface area contributed by atoms with Crippen LogP contribution in [0.1, 0.15) is 35.1 Å². The van der Waals surface area contributed by atoms with Crippen LogP contribution in [0.15, 0.2) is 54.6 Å². The molecule has 3 heteroatoms. The number of nitrogens with zero attached hydrogens (tertiary/aromatic N) is 2. The van der Waals surface area contributed by atoms with Gasteiger partial charge in [0.05, 0.1) is 11.0 Å². The predicted molar refractivity (Wildman–Crippen MR) is 94.6 cm³/mol. The zero-order valence-corrected chi connectivity index (χ0v) is 13.5. The smallest absolute Gasteiger partial charge is 0.185 e. The van der Waals surface area contributed by atoms with Crippen molar-refractivity contribution in [1.82, 2.24) is 9.55 Å². The van der Waals surface area contributed by atoms with Gasteiger partial charge in [-0.25, -0.2) is 4.98 Å². The minimum Gasteiger partial charge on any atom is -0.324 e. The van der Waals surface area contributed by atoms with Crippen LogP contribution in [0, 0.1) is 6.92 Å². The molecule has 0 N–H and O–H groups in total. The maximum absolute atomic E-state index is 12.3. The number of ketones is 1. The van der Waals surface area contributed by atoms with E-state index in [1.807, 2.05) is 55.5 Å². The number of rotatable bonds is 5. The standard InChI is InChI=1S/C20H20N2O/c1-3-14-22-18-7-5-4-6-17(18)21-20(22)13-12-19(23)16-10-8-15(2)9-11-16/h4-13H,3,14H2,1-2H3/b13-12+. The summed E-state index contributed by atoms with van der Waals surface area (Å²) in [5, 5.41) is 0. The van der Waals surface area contributed by atoms with Crippen molar-refractivity contribution in [2.45, 2.75) is 26.8 Å². The lowest BCUT2D eigenvalue weighted by Gasteiger charge is -2.04. The van der Waals surface area contributed by atoms with Gasteiger partial charge in [0.25, 0.3) is 0 Å². The second kappa shape index (κ2) is 6.61. The number of hydrogen-bond acceptors (Lipinski definition) is 2. The van der Waals surface area contributed by atoms with E-state index in [-0.39, 0.29) is 5.78 Å². The molecule has 0 amide bonds. The highest BCUT2D eigenvalue weighted by Crippen LogP contribution is 2.18. The highest BCUT2D eigenvalue weighted by Gasteiger charge is 2.08. The molecule has 1 aromatic heterocycles. The summed E-state index contributed by atoms with van der Waals surface area (Å²) in [5.41, 5.74) is 3.92. The molecular formula is C20H20N2O.